The highest BCUT2D eigenvalue weighted by atomic mass is 14.7. The number of anilines is 1. The van der Waals surface area contributed by atoms with Gasteiger partial charge in [0.2, 0.25) is 0 Å². The van der Waals surface area contributed by atoms with E-state index in [4.69, 9.17) is 12.2 Å². The first kappa shape index (κ1) is 9.29. The van der Waals surface area contributed by atoms with Crippen molar-refractivity contribution in [1.82, 2.24) is 4.98 Å². The summed E-state index contributed by atoms with van der Waals surface area (Å²) in [5.74, 6) is 2.53. The zero-order valence-corrected chi connectivity index (χ0v) is 8.14. The Kier molecular flexibility index (Phi) is 2.38. The van der Waals surface area contributed by atoms with Crippen LogP contribution < -0.4 is 5.73 Å². The second-order valence-corrected chi connectivity index (χ2v) is 3.16. The summed E-state index contributed by atoms with van der Waals surface area (Å²) in [6, 6.07) is 11.4. The molecule has 2 aromatic rings. The highest BCUT2D eigenvalue weighted by Gasteiger charge is 2.01. The van der Waals surface area contributed by atoms with E-state index in [1.165, 1.54) is 0 Å². The maximum atomic E-state index is 5.84. The largest absolute Gasteiger partial charge is 0.398 e. The molecule has 0 atom stereocenters. The Morgan fingerprint density at radius 1 is 1.13 bits per heavy atom. The van der Waals surface area contributed by atoms with E-state index in [1.807, 2.05) is 36.4 Å². The Bertz CT molecular complexity index is 507. The molecule has 0 spiro atoms. The summed E-state index contributed by atoms with van der Waals surface area (Å²) in [5, 5.41) is 0. The van der Waals surface area contributed by atoms with Gasteiger partial charge in [0.15, 0.2) is 0 Å². The third kappa shape index (κ3) is 1.82. The molecule has 0 saturated heterocycles. The van der Waals surface area contributed by atoms with E-state index in [9.17, 15) is 0 Å². The molecule has 2 rings (SSSR count). The van der Waals surface area contributed by atoms with Gasteiger partial charge in [-0.05, 0) is 18.2 Å². The summed E-state index contributed by atoms with van der Waals surface area (Å²) >= 11 is 0. The number of nitrogens with two attached hydrogens (primary N) is 1. The minimum Gasteiger partial charge on any atom is -0.398 e. The molecular weight excluding hydrogens is 184 g/mol. The minimum absolute atomic E-state index is 0.721. The van der Waals surface area contributed by atoms with Gasteiger partial charge < -0.3 is 5.73 Å². The SMILES string of the molecule is C#Cc1ccc(-c2ccccc2N)nc1. The summed E-state index contributed by atoms with van der Waals surface area (Å²) in [5.41, 5.74) is 9.11. The van der Waals surface area contributed by atoms with Crippen molar-refractivity contribution in [3.8, 4) is 23.6 Å². The van der Waals surface area contributed by atoms with Crippen molar-refractivity contribution in [1.29, 1.82) is 0 Å². The first-order chi connectivity index (χ1) is 7.31. The molecule has 0 bridgehead atoms. The number of para-hydroxylation sites is 1. The topological polar surface area (TPSA) is 38.9 Å². The fourth-order valence-electron chi connectivity index (χ4n) is 1.37. The molecule has 1 aromatic carbocycles. The minimum atomic E-state index is 0.721. The van der Waals surface area contributed by atoms with Gasteiger partial charge in [0.1, 0.15) is 0 Å². The predicted octanol–water partition coefficient (Wildman–Crippen LogP) is 2.31. The molecule has 2 heteroatoms. The highest BCUT2D eigenvalue weighted by molar-refractivity contribution is 5.73. The molecule has 0 fully saturated rings. The van der Waals surface area contributed by atoms with Crippen molar-refractivity contribution in [2.45, 2.75) is 0 Å². The second kappa shape index (κ2) is 3.85. The Morgan fingerprint density at radius 3 is 2.53 bits per heavy atom. The van der Waals surface area contributed by atoms with Crippen LogP contribution in [-0.4, -0.2) is 4.98 Å². The third-order valence-corrected chi connectivity index (χ3v) is 2.17. The zero-order valence-electron chi connectivity index (χ0n) is 8.14. The molecule has 72 valence electrons. The number of rotatable bonds is 1. The van der Waals surface area contributed by atoms with Crippen LogP contribution in [0.25, 0.3) is 11.3 Å². The summed E-state index contributed by atoms with van der Waals surface area (Å²) in [4.78, 5) is 4.26. The van der Waals surface area contributed by atoms with Crippen LogP contribution in [0.5, 0.6) is 0 Å². The van der Waals surface area contributed by atoms with Gasteiger partial charge >= 0.3 is 0 Å². The lowest BCUT2D eigenvalue weighted by atomic mass is 10.1. The van der Waals surface area contributed by atoms with E-state index in [0.29, 0.717) is 0 Å². The fraction of sp³-hybridized carbons (Fsp3) is 0. The highest BCUT2D eigenvalue weighted by Crippen LogP contribution is 2.23. The van der Waals surface area contributed by atoms with Crippen LogP contribution in [0.2, 0.25) is 0 Å². The normalized spacial score (nSPS) is 9.53. The Balaban J connectivity index is 2.47. The molecule has 0 radical (unpaired) electrons. The number of pyridine rings is 1. The van der Waals surface area contributed by atoms with Crippen molar-refractivity contribution < 1.29 is 0 Å². The summed E-state index contributed by atoms with van der Waals surface area (Å²) < 4.78 is 0. The van der Waals surface area contributed by atoms with E-state index in [-0.39, 0.29) is 0 Å². The molecule has 0 saturated carbocycles. The van der Waals surface area contributed by atoms with Gasteiger partial charge in [0.25, 0.3) is 0 Å². The maximum absolute atomic E-state index is 5.84. The number of hydrogen-bond acceptors (Lipinski definition) is 2. The van der Waals surface area contributed by atoms with E-state index in [2.05, 4.69) is 10.9 Å². The van der Waals surface area contributed by atoms with Crippen molar-refractivity contribution >= 4 is 5.69 Å². The van der Waals surface area contributed by atoms with Crippen molar-refractivity contribution in [3.05, 3.63) is 48.2 Å². The van der Waals surface area contributed by atoms with Gasteiger partial charge in [-0.15, -0.1) is 6.42 Å². The monoisotopic (exact) mass is 194 g/mol. The number of benzene rings is 1. The van der Waals surface area contributed by atoms with Crippen LogP contribution >= 0.6 is 0 Å². The lowest BCUT2D eigenvalue weighted by molar-refractivity contribution is 1.31. The summed E-state index contributed by atoms with van der Waals surface area (Å²) in [6.07, 6.45) is 6.92. The smallest absolute Gasteiger partial charge is 0.0723 e. The molecular formula is C13H10N2. The number of aromatic nitrogens is 1. The molecule has 0 aliphatic rings. The Labute approximate surface area is 88.8 Å². The van der Waals surface area contributed by atoms with Gasteiger partial charge in [-0.3, -0.25) is 4.98 Å². The van der Waals surface area contributed by atoms with Crippen LogP contribution in [0.4, 0.5) is 5.69 Å². The molecule has 0 unspecified atom stereocenters. The standard InChI is InChI=1S/C13H10N2/c1-2-10-7-8-13(15-9-10)11-5-3-4-6-12(11)14/h1,3-9H,14H2. The molecule has 0 aliphatic carbocycles. The molecule has 2 N–H and O–H groups in total. The van der Waals surface area contributed by atoms with Crippen LogP contribution in [0, 0.1) is 12.3 Å². The fourth-order valence-corrected chi connectivity index (χ4v) is 1.37. The average Bonchev–Trinajstić information content (AvgIpc) is 2.30. The van der Waals surface area contributed by atoms with Gasteiger partial charge in [-0.2, -0.15) is 0 Å². The molecule has 15 heavy (non-hydrogen) atoms. The van der Waals surface area contributed by atoms with Gasteiger partial charge in [0, 0.05) is 23.0 Å². The molecule has 1 aromatic heterocycles. The lowest BCUT2D eigenvalue weighted by Gasteiger charge is -2.03. The van der Waals surface area contributed by atoms with E-state index >= 15 is 0 Å². The summed E-state index contributed by atoms with van der Waals surface area (Å²) in [7, 11) is 0. The second-order valence-electron chi connectivity index (χ2n) is 3.16. The number of terminal acetylenes is 1. The van der Waals surface area contributed by atoms with Crippen molar-refractivity contribution in [2.75, 3.05) is 5.73 Å². The van der Waals surface area contributed by atoms with Crippen LogP contribution in [0.3, 0.4) is 0 Å². The Morgan fingerprint density at radius 2 is 1.93 bits per heavy atom. The maximum Gasteiger partial charge on any atom is 0.0723 e. The van der Waals surface area contributed by atoms with Gasteiger partial charge in [-0.25, -0.2) is 0 Å². The quantitative estimate of drug-likeness (QED) is 0.559. The number of nitrogen functional groups attached to an aromatic ring is 1. The van der Waals surface area contributed by atoms with E-state index in [0.717, 1.165) is 22.5 Å². The third-order valence-electron chi connectivity index (χ3n) is 2.17. The molecule has 1 heterocycles. The van der Waals surface area contributed by atoms with Gasteiger partial charge in [-0.1, -0.05) is 24.1 Å². The average molecular weight is 194 g/mol. The zero-order chi connectivity index (χ0) is 10.7. The summed E-state index contributed by atoms with van der Waals surface area (Å²) in [6.45, 7) is 0. The lowest BCUT2D eigenvalue weighted by Crippen LogP contribution is -1.91. The Hall–Kier alpha value is -2.27. The van der Waals surface area contributed by atoms with Crippen LogP contribution in [0.1, 0.15) is 5.56 Å². The van der Waals surface area contributed by atoms with Crippen molar-refractivity contribution in [3.63, 3.8) is 0 Å². The molecule has 0 amide bonds. The van der Waals surface area contributed by atoms with E-state index in [1.54, 1.807) is 6.20 Å². The first-order valence-electron chi connectivity index (χ1n) is 4.59. The van der Waals surface area contributed by atoms with E-state index < -0.39 is 0 Å². The van der Waals surface area contributed by atoms with Crippen LogP contribution in [0.15, 0.2) is 42.6 Å². The predicted molar refractivity (Wildman–Crippen MR) is 62.0 cm³/mol. The van der Waals surface area contributed by atoms with Crippen LogP contribution in [-0.2, 0) is 0 Å². The molecule has 0 aliphatic heterocycles. The number of hydrogen-bond donors (Lipinski definition) is 1. The molecule has 2 nitrogen and oxygen atoms in total. The van der Waals surface area contributed by atoms with Crippen molar-refractivity contribution in [2.24, 2.45) is 0 Å². The van der Waals surface area contributed by atoms with Gasteiger partial charge in [0.05, 0.1) is 5.69 Å². The number of nitrogens with zero attached hydrogens (tertiary/aromatic N) is 1. The first-order valence-corrected chi connectivity index (χ1v) is 4.59.